The van der Waals surface area contributed by atoms with Crippen molar-refractivity contribution in [1.82, 2.24) is 25.2 Å². The minimum absolute atomic E-state index is 0.0346. The Balaban J connectivity index is 1.39. The molecule has 0 fully saturated rings. The van der Waals surface area contributed by atoms with E-state index in [1.54, 1.807) is 12.4 Å². The van der Waals surface area contributed by atoms with Crippen molar-refractivity contribution in [3.05, 3.63) is 59.9 Å². The number of hydrogen-bond acceptors (Lipinski definition) is 6. The fraction of sp³-hybridized carbons (Fsp3) is 0.263. The number of aryl methyl sites for hydroxylation is 1. The van der Waals surface area contributed by atoms with Crippen LogP contribution in [-0.2, 0) is 11.2 Å². The highest BCUT2D eigenvalue weighted by atomic mass is 32.2. The lowest BCUT2D eigenvalue weighted by atomic mass is 9.88. The molecule has 2 aromatic heterocycles. The first-order valence-corrected chi connectivity index (χ1v) is 9.82. The number of benzene rings is 1. The Hall–Kier alpha value is -2.87. The average Bonchev–Trinajstić information content (AvgIpc) is 3.08. The molecule has 7 nitrogen and oxygen atoms in total. The third kappa shape index (κ3) is 3.80. The molecule has 0 radical (unpaired) electrons. The van der Waals surface area contributed by atoms with Crippen LogP contribution in [0.5, 0.6) is 0 Å². The predicted molar refractivity (Wildman–Crippen MR) is 104 cm³/mol. The van der Waals surface area contributed by atoms with E-state index in [4.69, 9.17) is 5.84 Å². The van der Waals surface area contributed by atoms with Gasteiger partial charge in [-0.1, -0.05) is 36.0 Å². The molecule has 0 saturated carbocycles. The van der Waals surface area contributed by atoms with Gasteiger partial charge in [0.05, 0.1) is 11.8 Å². The summed E-state index contributed by atoms with van der Waals surface area (Å²) in [5, 5.41) is 11.8. The van der Waals surface area contributed by atoms with E-state index < -0.39 is 0 Å². The SMILES string of the molecule is Nn1c(SCC(=O)N[C@@H]2CCCc3ccccc32)nnc1-c1cccnc1. The lowest BCUT2D eigenvalue weighted by molar-refractivity contribution is -0.119. The molecule has 1 aliphatic carbocycles. The molecule has 3 aromatic rings. The van der Waals surface area contributed by atoms with E-state index in [0.29, 0.717) is 11.0 Å². The zero-order valence-corrected chi connectivity index (χ0v) is 15.5. The fourth-order valence-corrected chi connectivity index (χ4v) is 4.00. The number of rotatable bonds is 5. The first-order valence-electron chi connectivity index (χ1n) is 8.83. The number of carbonyl (C=O) groups is 1. The Labute approximate surface area is 161 Å². The van der Waals surface area contributed by atoms with E-state index in [0.717, 1.165) is 24.8 Å². The van der Waals surface area contributed by atoms with Gasteiger partial charge >= 0.3 is 0 Å². The highest BCUT2D eigenvalue weighted by Gasteiger charge is 2.22. The first kappa shape index (κ1) is 17.5. The molecule has 0 unspecified atom stereocenters. The molecule has 4 rings (SSSR count). The summed E-state index contributed by atoms with van der Waals surface area (Å²) in [5.41, 5.74) is 3.33. The van der Waals surface area contributed by atoms with Gasteiger partial charge in [-0.25, -0.2) is 4.68 Å². The molecular formula is C19H20N6OS. The number of pyridine rings is 1. The second-order valence-electron chi connectivity index (χ2n) is 6.42. The number of aromatic nitrogens is 4. The van der Waals surface area contributed by atoms with Crippen molar-refractivity contribution >= 4 is 17.7 Å². The molecule has 2 heterocycles. The molecule has 138 valence electrons. The monoisotopic (exact) mass is 380 g/mol. The first-order chi connectivity index (χ1) is 13.2. The average molecular weight is 380 g/mol. The van der Waals surface area contributed by atoms with Crippen LogP contribution in [0.2, 0.25) is 0 Å². The second kappa shape index (κ2) is 7.79. The molecule has 27 heavy (non-hydrogen) atoms. The third-order valence-electron chi connectivity index (χ3n) is 4.62. The van der Waals surface area contributed by atoms with Gasteiger partial charge in [0.2, 0.25) is 11.1 Å². The second-order valence-corrected chi connectivity index (χ2v) is 7.36. The molecule has 1 atom stereocenters. The van der Waals surface area contributed by atoms with E-state index in [-0.39, 0.29) is 17.7 Å². The van der Waals surface area contributed by atoms with Crippen LogP contribution in [0.1, 0.15) is 30.0 Å². The molecule has 1 aromatic carbocycles. The Morgan fingerprint density at radius 2 is 2.15 bits per heavy atom. The van der Waals surface area contributed by atoms with E-state index in [2.05, 4.69) is 32.6 Å². The standard InChI is InChI=1S/C19H20N6OS/c20-25-18(14-7-4-10-21-11-14)23-24-19(25)27-12-17(26)22-16-9-3-6-13-5-1-2-8-15(13)16/h1-2,4-5,7-8,10-11,16H,3,6,9,12,20H2,(H,22,26)/t16-/m1/s1. The topological polar surface area (TPSA) is 98.7 Å². The zero-order chi connectivity index (χ0) is 18.6. The maximum absolute atomic E-state index is 12.4. The Kier molecular flexibility index (Phi) is 5.06. The molecule has 8 heteroatoms. The van der Waals surface area contributed by atoms with Gasteiger partial charge in [0.15, 0.2) is 5.82 Å². The number of nitrogens with zero attached hydrogens (tertiary/aromatic N) is 4. The van der Waals surface area contributed by atoms with Crippen molar-refractivity contribution in [1.29, 1.82) is 0 Å². The summed E-state index contributed by atoms with van der Waals surface area (Å²) >= 11 is 1.27. The van der Waals surface area contributed by atoms with Crippen molar-refractivity contribution in [3.8, 4) is 11.4 Å². The smallest absolute Gasteiger partial charge is 0.230 e. The number of amides is 1. The van der Waals surface area contributed by atoms with Gasteiger partial charge in [-0.05, 0) is 42.5 Å². The Morgan fingerprint density at radius 1 is 1.26 bits per heavy atom. The van der Waals surface area contributed by atoms with Gasteiger partial charge in [0.1, 0.15) is 0 Å². The summed E-state index contributed by atoms with van der Waals surface area (Å²) in [6.45, 7) is 0. The number of nitrogen functional groups attached to an aromatic ring is 1. The van der Waals surface area contributed by atoms with E-state index in [1.807, 2.05) is 24.3 Å². The van der Waals surface area contributed by atoms with Gasteiger partial charge in [-0.3, -0.25) is 9.78 Å². The summed E-state index contributed by atoms with van der Waals surface area (Å²) in [7, 11) is 0. The van der Waals surface area contributed by atoms with Crippen molar-refractivity contribution in [2.24, 2.45) is 0 Å². The summed E-state index contributed by atoms with van der Waals surface area (Å²) in [4.78, 5) is 16.5. The number of carbonyl (C=O) groups excluding carboxylic acids is 1. The number of fused-ring (bicyclic) bond motifs is 1. The highest BCUT2D eigenvalue weighted by molar-refractivity contribution is 7.99. The summed E-state index contributed by atoms with van der Waals surface area (Å²) in [5.74, 6) is 6.80. The maximum Gasteiger partial charge on any atom is 0.230 e. The molecule has 1 amide bonds. The minimum Gasteiger partial charge on any atom is -0.349 e. The summed E-state index contributed by atoms with van der Waals surface area (Å²) in [6.07, 6.45) is 6.48. The Morgan fingerprint density at radius 3 is 3.00 bits per heavy atom. The number of hydrogen-bond donors (Lipinski definition) is 2. The largest absolute Gasteiger partial charge is 0.349 e. The molecule has 0 bridgehead atoms. The van der Waals surface area contributed by atoms with Crippen LogP contribution < -0.4 is 11.2 Å². The van der Waals surface area contributed by atoms with Crippen molar-refractivity contribution < 1.29 is 4.79 Å². The molecular weight excluding hydrogens is 360 g/mol. The lowest BCUT2D eigenvalue weighted by Gasteiger charge is -2.26. The van der Waals surface area contributed by atoms with Crippen LogP contribution in [0.15, 0.2) is 53.9 Å². The van der Waals surface area contributed by atoms with Crippen LogP contribution in [0.4, 0.5) is 0 Å². The number of nitrogens with two attached hydrogens (primary N) is 1. The van der Waals surface area contributed by atoms with Gasteiger partial charge < -0.3 is 11.2 Å². The van der Waals surface area contributed by atoms with E-state index in [9.17, 15) is 4.79 Å². The van der Waals surface area contributed by atoms with E-state index >= 15 is 0 Å². The van der Waals surface area contributed by atoms with Gasteiger partial charge in [0.25, 0.3) is 0 Å². The van der Waals surface area contributed by atoms with Gasteiger partial charge in [0, 0.05) is 18.0 Å². The number of thioether (sulfide) groups is 1. The van der Waals surface area contributed by atoms with Crippen molar-refractivity contribution in [2.45, 2.75) is 30.5 Å². The lowest BCUT2D eigenvalue weighted by Crippen LogP contribution is -2.32. The number of nitrogens with one attached hydrogen (secondary N) is 1. The van der Waals surface area contributed by atoms with Crippen LogP contribution in [-0.4, -0.2) is 31.5 Å². The van der Waals surface area contributed by atoms with Crippen LogP contribution in [0.25, 0.3) is 11.4 Å². The molecule has 1 aliphatic rings. The summed E-state index contributed by atoms with van der Waals surface area (Å²) < 4.78 is 1.39. The predicted octanol–water partition coefficient (Wildman–Crippen LogP) is 2.34. The maximum atomic E-state index is 12.4. The summed E-state index contributed by atoms with van der Waals surface area (Å²) in [6, 6.07) is 12.1. The molecule has 0 aliphatic heterocycles. The fourth-order valence-electron chi connectivity index (χ4n) is 3.34. The van der Waals surface area contributed by atoms with Gasteiger partial charge in [-0.15, -0.1) is 10.2 Å². The highest BCUT2D eigenvalue weighted by Crippen LogP contribution is 2.29. The minimum atomic E-state index is -0.0346. The molecule has 0 saturated heterocycles. The Bertz CT molecular complexity index is 942. The van der Waals surface area contributed by atoms with Crippen LogP contribution in [0, 0.1) is 0 Å². The quantitative estimate of drug-likeness (QED) is 0.521. The van der Waals surface area contributed by atoms with Gasteiger partial charge in [-0.2, -0.15) is 0 Å². The molecule has 0 spiro atoms. The third-order valence-corrected chi connectivity index (χ3v) is 5.56. The van der Waals surface area contributed by atoms with Crippen molar-refractivity contribution in [2.75, 3.05) is 11.6 Å². The van der Waals surface area contributed by atoms with Crippen molar-refractivity contribution in [3.63, 3.8) is 0 Å². The van der Waals surface area contributed by atoms with Crippen LogP contribution in [0.3, 0.4) is 0 Å². The van der Waals surface area contributed by atoms with Crippen LogP contribution >= 0.6 is 11.8 Å². The van der Waals surface area contributed by atoms with E-state index in [1.165, 1.54) is 27.6 Å². The normalized spacial score (nSPS) is 15.9. The zero-order valence-electron chi connectivity index (χ0n) is 14.7. The molecule has 3 N–H and O–H groups in total.